The van der Waals surface area contributed by atoms with E-state index in [1.807, 2.05) is 11.3 Å². The molecule has 0 fully saturated rings. The summed E-state index contributed by atoms with van der Waals surface area (Å²) < 4.78 is 1.39. The van der Waals surface area contributed by atoms with Crippen molar-refractivity contribution in [1.29, 1.82) is 0 Å². The number of nitrogens with one attached hydrogen (secondary N) is 1. The number of rotatable bonds is 8. The van der Waals surface area contributed by atoms with E-state index >= 15 is 0 Å². The van der Waals surface area contributed by atoms with Crippen LogP contribution in [0, 0.1) is 0 Å². The van der Waals surface area contributed by atoms with Gasteiger partial charge >= 0.3 is 0 Å². The highest BCUT2D eigenvalue weighted by atomic mass is 32.1. The Balaban J connectivity index is 1.81. The summed E-state index contributed by atoms with van der Waals surface area (Å²) in [5, 5.41) is 5.01. The average molecular weight is 290 g/mol. The van der Waals surface area contributed by atoms with E-state index in [1.165, 1.54) is 27.9 Å². The van der Waals surface area contributed by atoms with Crippen LogP contribution < -0.4 is 5.32 Å². The first-order valence-electron chi connectivity index (χ1n) is 7.68. The molecule has 2 nitrogen and oxygen atoms in total. The fourth-order valence-corrected chi connectivity index (χ4v) is 3.57. The lowest BCUT2D eigenvalue weighted by molar-refractivity contribution is 0.296. The van der Waals surface area contributed by atoms with Crippen molar-refractivity contribution in [2.45, 2.75) is 33.2 Å². The summed E-state index contributed by atoms with van der Waals surface area (Å²) in [5.41, 5.74) is 0. The van der Waals surface area contributed by atoms with E-state index in [9.17, 15) is 0 Å². The molecule has 0 saturated heterocycles. The Bertz CT molecular complexity index is 483. The standard InChI is InChI=1S/C17H26N2S/c1-4-19(5-2)12-8-11-18-14(3)17-13-15-9-6-7-10-16(15)20-17/h6-7,9-10,13-14,18H,4-5,8,11-12H2,1-3H3. The van der Waals surface area contributed by atoms with Gasteiger partial charge in [0.25, 0.3) is 0 Å². The molecule has 0 amide bonds. The molecule has 0 aliphatic carbocycles. The van der Waals surface area contributed by atoms with E-state index in [0.717, 1.165) is 19.6 Å². The van der Waals surface area contributed by atoms with Crippen LogP contribution in [-0.2, 0) is 0 Å². The fourth-order valence-electron chi connectivity index (χ4n) is 2.48. The normalized spacial score (nSPS) is 13.2. The number of hydrogen-bond acceptors (Lipinski definition) is 3. The van der Waals surface area contributed by atoms with Crippen LogP contribution in [0.15, 0.2) is 30.3 Å². The van der Waals surface area contributed by atoms with Crippen molar-refractivity contribution in [2.75, 3.05) is 26.2 Å². The summed E-state index contributed by atoms with van der Waals surface area (Å²) in [4.78, 5) is 3.92. The molecule has 0 radical (unpaired) electrons. The average Bonchev–Trinajstić information content (AvgIpc) is 2.91. The lowest BCUT2D eigenvalue weighted by Crippen LogP contribution is -2.28. The zero-order valence-corrected chi connectivity index (χ0v) is 13.7. The van der Waals surface area contributed by atoms with Crippen molar-refractivity contribution in [3.8, 4) is 0 Å². The molecule has 0 spiro atoms. The van der Waals surface area contributed by atoms with Gasteiger partial charge in [-0.15, -0.1) is 11.3 Å². The van der Waals surface area contributed by atoms with Gasteiger partial charge in [0.1, 0.15) is 0 Å². The molecule has 1 aromatic heterocycles. The SMILES string of the molecule is CCN(CC)CCCNC(C)c1cc2ccccc2s1. The predicted octanol–water partition coefficient (Wildman–Crippen LogP) is 4.28. The van der Waals surface area contributed by atoms with E-state index < -0.39 is 0 Å². The molecule has 1 heterocycles. The van der Waals surface area contributed by atoms with Gasteiger partial charge in [-0.2, -0.15) is 0 Å². The van der Waals surface area contributed by atoms with Gasteiger partial charge in [-0.25, -0.2) is 0 Å². The molecule has 20 heavy (non-hydrogen) atoms. The second-order valence-corrected chi connectivity index (χ2v) is 6.36. The Kier molecular flexibility index (Phi) is 6.02. The third-order valence-electron chi connectivity index (χ3n) is 3.87. The van der Waals surface area contributed by atoms with Crippen molar-refractivity contribution in [3.05, 3.63) is 35.2 Å². The summed E-state index contributed by atoms with van der Waals surface area (Å²) in [6.07, 6.45) is 1.22. The highest BCUT2D eigenvalue weighted by molar-refractivity contribution is 7.19. The van der Waals surface area contributed by atoms with Gasteiger partial charge in [-0.3, -0.25) is 0 Å². The topological polar surface area (TPSA) is 15.3 Å². The molecule has 3 heteroatoms. The number of hydrogen-bond donors (Lipinski definition) is 1. The van der Waals surface area contributed by atoms with Crippen molar-refractivity contribution < 1.29 is 0 Å². The monoisotopic (exact) mass is 290 g/mol. The molecular formula is C17H26N2S. The molecule has 110 valence electrons. The van der Waals surface area contributed by atoms with Crippen LogP contribution in [0.25, 0.3) is 10.1 Å². The van der Waals surface area contributed by atoms with Crippen LogP contribution in [0.1, 0.15) is 38.1 Å². The van der Waals surface area contributed by atoms with Crippen molar-refractivity contribution in [2.24, 2.45) is 0 Å². The zero-order valence-electron chi connectivity index (χ0n) is 12.9. The van der Waals surface area contributed by atoms with E-state index in [-0.39, 0.29) is 0 Å². The molecular weight excluding hydrogens is 264 g/mol. The second-order valence-electron chi connectivity index (χ2n) is 5.24. The summed E-state index contributed by atoms with van der Waals surface area (Å²) in [6, 6.07) is 11.4. The van der Waals surface area contributed by atoms with Gasteiger partial charge in [0.2, 0.25) is 0 Å². The summed E-state index contributed by atoms with van der Waals surface area (Å²) in [5.74, 6) is 0. The second kappa shape index (κ2) is 7.77. The minimum absolute atomic E-state index is 0.448. The predicted molar refractivity (Wildman–Crippen MR) is 90.6 cm³/mol. The molecule has 1 atom stereocenters. The maximum atomic E-state index is 3.65. The largest absolute Gasteiger partial charge is 0.309 e. The first kappa shape index (κ1) is 15.5. The molecule has 1 unspecified atom stereocenters. The van der Waals surface area contributed by atoms with E-state index in [4.69, 9.17) is 0 Å². The van der Waals surface area contributed by atoms with Crippen LogP contribution in [0.5, 0.6) is 0 Å². The van der Waals surface area contributed by atoms with Gasteiger partial charge in [0.05, 0.1) is 0 Å². The Morgan fingerprint density at radius 1 is 1.20 bits per heavy atom. The zero-order chi connectivity index (χ0) is 14.4. The highest BCUT2D eigenvalue weighted by Gasteiger charge is 2.08. The number of thiophene rings is 1. The number of fused-ring (bicyclic) bond motifs is 1. The van der Waals surface area contributed by atoms with E-state index in [2.05, 4.69) is 61.3 Å². The lowest BCUT2D eigenvalue weighted by atomic mass is 10.2. The fraction of sp³-hybridized carbons (Fsp3) is 0.529. The number of benzene rings is 1. The number of nitrogens with zero attached hydrogens (tertiary/aromatic N) is 1. The first-order chi connectivity index (χ1) is 9.74. The quantitative estimate of drug-likeness (QED) is 0.730. The Morgan fingerprint density at radius 2 is 1.95 bits per heavy atom. The maximum absolute atomic E-state index is 3.65. The summed E-state index contributed by atoms with van der Waals surface area (Å²) in [6.45, 7) is 11.3. The Labute approximate surface area is 126 Å². The molecule has 2 rings (SSSR count). The van der Waals surface area contributed by atoms with Crippen LogP contribution in [-0.4, -0.2) is 31.1 Å². The van der Waals surface area contributed by atoms with Gasteiger partial charge in [0, 0.05) is 15.6 Å². The Hall–Kier alpha value is -0.900. The molecule has 1 N–H and O–H groups in total. The van der Waals surface area contributed by atoms with Gasteiger partial charge in [0.15, 0.2) is 0 Å². The molecule has 0 aliphatic heterocycles. The first-order valence-corrected chi connectivity index (χ1v) is 8.50. The minimum atomic E-state index is 0.448. The molecule has 1 aromatic carbocycles. The van der Waals surface area contributed by atoms with Crippen LogP contribution in [0.3, 0.4) is 0 Å². The van der Waals surface area contributed by atoms with Crippen molar-refractivity contribution in [1.82, 2.24) is 10.2 Å². The molecule has 0 bridgehead atoms. The van der Waals surface area contributed by atoms with Gasteiger partial charge < -0.3 is 10.2 Å². The lowest BCUT2D eigenvalue weighted by Gasteiger charge is -2.18. The summed E-state index contributed by atoms with van der Waals surface area (Å²) in [7, 11) is 0. The third-order valence-corrected chi connectivity index (χ3v) is 5.17. The van der Waals surface area contributed by atoms with Gasteiger partial charge in [-0.05, 0) is 57.0 Å². The minimum Gasteiger partial charge on any atom is -0.309 e. The van der Waals surface area contributed by atoms with Crippen LogP contribution in [0.2, 0.25) is 0 Å². The molecule has 0 saturated carbocycles. The molecule has 2 aromatic rings. The summed E-state index contributed by atoms with van der Waals surface area (Å²) >= 11 is 1.91. The smallest absolute Gasteiger partial charge is 0.0386 e. The van der Waals surface area contributed by atoms with E-state index in [1.54, 1.807) is 0 Å². The maximum Gasteiger partial charge on any atom is 0.0386 e. The Morgan fingerprint density at radius 3 is 2.65 bits per heavy atom. The van der Waals surface area contributed by atoms with Crippen molar-refractivity contribution in [3.63, 3.8) is 0 Å². The molecule has 0 aliphatic rings. The van der Waals surface area contributed by atoms with Crippen molar-refractivity contribution >= 4 is 21.4 Å². The van der Waals surface area contributed by atoms with Gasteiger partial charge in [-0.1, -0.05) is 32.0 Å². The van der Waals surface area contributed by atoms with E-state index in [0.29, 0.717) is 6.04 Å². The highest BCUT2D eigenvalue weighted by Crippen LogP contribution is 2.29. The van der Waals surface area contributed by atoms with Crippen LogP contribution >= 0.6 is 11.3 Å². The third kappa shape index (κ3) is 4.05. The van der Waals surface area contributed by atoms with Crippen LogP contribution in [0.4, 0.5) is 0 Å².